The third-order valence-corrected chi connectivity index (χ3v) is 4.59. The van der Waals surface area contributed by atoms with Gasteiger partial charge in [-0.25, -0.2) is 24.6 Å². The zero-order valence-electron chi connectivity index (χ0n) is 17.3. The second kappa shape index (κ2) is 8.66. The van der Waals surface area contributed by atoms with Crippen molar-refractivity contribution < 1.29 is 33.3 Å². The van der Waals surface area contributed by atoms with E-state index in [-0.39, 0.29) is 6.61 Å². The van der Waals surface area contributed by atoms with Gasteiger partial charge in [0.15, 0.2) is 35.4 Å². The summed E-state index contributed by atoms with van der Waals surface area (Å²) in [5, 5.41) is 4.05. The van der Waals surface area contributed by atoms with Crippen LogP contribution in [0.1, 0.15) is 27.0 Å². The highest BCUT2D eigenvalue weighted by Gasteiger charge is 2.51. The molecule has 1 unspecified atom stereocenters. The summed E-state index contributed by atoms with van der Waals surface area (Å²) in [6, 6.07) is 0. The summed E-state index contributed by atoms with van der Waals surface area (Å²) in [5.41, 5.74) is 0.734. The molecule has 1 aliphatic rings. The number of nitrogens with zero attached hydrogens (tertiary/aromatic N) is 7. The second-order valence-corrected chi connectivity index (χ2v) is 6.88. The van der Waals surface area contributed by atoms with Crippen molar-refractivity contribution in [3.8, 4) is 5.82 Å². The molecular formula is C18H19N7O7. The van der Waals surface area contributed by atoms with Crippen molar-refractivity contribution in [1.82, 2.24) is 34.3 Å². The molecule has 3 aromatic rings. The average Bonchev–Trinajstić information content (AvgIpc) is 3.46. The van der Waals surface area contributed by atoms with Gasteiger partial charge in [-0.15, -0.1) is 0 Å². The molecule has 3 aromatic heterocycles. The van der Waals surface area contributed by atoms with Gasteiger partial charge in [-0.2, -0.15) is 5.10 Å². The summed E-state index contributed by atoms with van der Waals surface area (Å²) in [4.78, 5) is 51.6. The summed E-state index contributed by atoms with van der Waals surface area (Å²) in [7, 11) is 0. The highest BCUT2D eigenvalue weighted by atomic mass is 16.7. The van der Waals surface area contributed by atoms with Gasteiger partial charge in [0.05, 0.1) is 6.33 Å². The quantitative estimate of drug-likeness (QED) is 0.361. The van der Waals surface area contributed by atoms with E-state index in [0.29, 0.717) is 17.0 Å². The van der Waals surface area contributed by atoms with Crippen molar-refractivity contribution in [3.05, 3.63) is 25.3 Å². The molecule has 4 rings (SSSR count). The Morgan fingerprint density at radius 3 is 2.38 bits per heavy atom. The van der Waals surface area contributed by atoms with E-state index in [1.165, 1.54) is 55.3 Å². The fourth-order valence-corrected chi connectivity index (χ4v) is 3.43. The number of hydrogen-bond acceptors (Lipinski definition) is 12. The zero-order chi connectivity index (χ0) is 22.8. The molecule has 1 aliphatic heterocycles. The molecule has 0 aromatic carbocycles. The topological polar surface area (TPSA) is 162 Å². The molecule has 0 aliphatic carbocycles. The van der Waals surface area contributed by atoms with Gasteiger partial charge in [-0.3, -0.25) is 19.0 Å². The number of carbonyl (C=O) groups excluding carboxylic acids is 3. The maximum absolute atomic E-state index is 11.8. The SMILES string of the molecule is CC(=O)OC[C@H]1OC(n2cnc3c(-n4cncn4)ncnc32)[C@H](OC(C)=O)[C@@H]1OC(C)=O. The van der Waals surface area contributed by atoms with Crippen LogP contribution in [-0.4, -0.2) is 77.1 Å². The fraction of sp³-hybridized carbons (Fsp3) is 0.444. The largest absolute Gasteiger partial charge is 0.463 e. The lowest BCUT2D eigenvalue weighted by molar-refractivity contribution is -0.166. The van der Waals surface area contributed by atoms with Gasteiger partial charge < -0.3 is 18.9 Å². The van der Waals surface area contributed by atoms with Crippen LogP contribution in [0.25, 0.3) is 17.0 Å². The second-order valence-electron chi connectivity index (χ2n) is 6.88. The predicted molar refractivity (Wildman–Crippen MR) is 102 cm³/mol. The van der Waals surface area contributed by atoms with Gasteiger partial charge in [-0.05, 0) is 0 Å². The first-order chi connectivity index (χ1) is 15.3. The van der Waals surface area contributed by atoms with E-state index in [1.807, 2.05) is 0 Å². The maximum Gasteiger partial charge on any atom is 0.303 e. The zero-order valence-corrected chi connectivity index (χ0v) is 17.3. The smallest absolute Gasteiger partial charge is 0.303 e. The molecule has 14 nitrogen and oxygen atoms in total. The molecule has 0 spiro atoms. The Morgan fingerprint density at radius 2 is 1.72 bits per heavy atom. The molecule has 0 saturated carbocycles. The molecule has 4 atom stereocenters. The fourth-order valence-electron chi connectivity index (χ4n) is 3.43. The van der Waals surface area contributed by atoms with E-state index in [9.17, 15) is 14.4 Å². The summed E-state index contributed by atoms with van der Waals surface area (Å²) in [5.74, 6) is -1.39. The molecule has 14 heteroatoms. The van der Waals surface area contributed by atoms with Gasteiger partial charge >= 0.3 is 17.9 Å². The number of rotatable bonds is 6. The Balaban J connectivity index is 1.75. The van der Waals surface area contributed by atoms with Crippen LogP contribution in [0.4, 0.5) is 0 Å². The molecule has 0 bridgehead atoms. The molecule has 0 amide bonds. The van der Waals surface area contributed by atoms with Crippen LogP contribution in [-0.2, 0) is 33.3 Å². The minimum absolute atomic E-state index is 0.215. The average molecular weight is 445 g/mol. The van der Waals surface area contributed by atoms with Crippen LogP contribution in [0.3, 0.4) is 0 Å². The number of aromatic nitrogens is 7. The van der Waals surface area contributed by atoms with E-state index in [0.717, 1.165) is 0 Å². The molecule has 32 heavy (non-hydrogen) atoms. The number of imidazole rings is 1. The van der Waals surface area contributed by atoms with Crippen molar-refractivity contribution >= 4 is 29.1 Å². The van der Waals surface area contributed by atoms with Crippen LogP contribution >= 0.6 is 0 Å². The highest BCUT2D eigenvalue weighted by Crippen LogP contribution is 2.36. The minimum atomic E-state index is -1.06. The van der Waals surface area contributed by atoms with Gasteiger partial charge in [-0.1, -0.05) is 0 Å². The summed E-state index contributed by atoms with van der Waals surface area (Å²) in [6.45, 7) is 3.46. The normalized spacial score (nSPS) is 22.6. The molecule has 1 fully saturated rings. The third kappa shape index (κ3) is 4.12. The van der Waals surface area contributed by atoms with E-state index in [2.05, 4.69) is 25.0 Å². The Kier molecular flexibility index (Phi) is 5.77. The number of ether oxygens (including phenoxy) is 4. The first-order valence-electron chi connectivity index (χ1n) is 9.51. The van der Waals surface area contributed by atoms with Crippen molar-refractivity contribution in [2.75, 3.05) is 6.61 Å². The van der Waals surface area contributed by atoms with E-state index >= 15 is 0 Å². The summed E-state index contributed by atoms with van der Waals surface area (Å²) < 4.78 is 24.8. The van der Waals surface area contributed by atoms with E-state index in [1.54, 1.807) is 0 Å². The lowest BCUT2D eigenvalue weighted by Crippen LogP contribution is -2.40. The Bertz CT molecular complexity index is 1150. The summed E-state index contributed by atoms with van der Waals surface area (Å²) >= 11 is 0. The van der Waals surface area contributed by atoms with Crippen LogP contribution < -0.4 is 0 Å². The number of carbonyl (C=O) groups is 3. The summed E-state index contributed by atoms with van der Waals surface area (Å²) in [6.07, 6.45) is 1.59. The Morgan fingerprint density at radius 1 is 0.969 bits per heavy atom. The van der Waals surface area contributed by atoms with Crippen molar-refractivity contribution in [2.45, 2.75) is 45.3 Å². The predicted octanol–water partition coefficient (Wildman–Crippen LogP) is -0.269. The van der Waals surface area contributed by atoms with Crippen LogP contribution in [0.5, 0.6) is 0 Å². The Hall–Kier alpha value is -3.94. The number of esters is 3. The molecule has 0 radical (unpaired) electrons. The first kappa shape index (κ1) is 21.3. The van der Waals surface area contributed by atoms with Gasteiger partial charge in [0.2, 0.25) is 0 Å². The Labute approximate surface area is 180 Å². The van der Waals surface area contributed by atoms with Crippen LogP contribution in [0.2, 0.25) is 0 Å². The van der Waals surface area contributed by atoms with Crippen molar-refractivity contribution in [3.63, 3.8) is 0 Å². The molecular weight excluding hydrogens is 426 g/mol. The van der Waals surface area contributed by atoms with Crippen molar-refractivity contribution in [1.29, 1.82) is 0 Å². The van der Waals surface area contributed by atoms with Crippen molar-refractivity contribution in [2.24, 2.45) is 0 Å². The standard InChI is InChI=1S/C18H19N7O7/c1-9(26)29-4-12-14(30-10(2)27)15(31-11(3)28)18(32-12)24-8-22-13-16(24)20-6-21-17(13)25-7-19-5-23-25/h5-8,12,14-15,18H,4H2,1-3H3/t12-,14-,15-,18?/m1/s1. The number of hydrogen-bond donors (Lipinski definition) is 0. The molecule has 4 heterocycles. The highest BCUT2D eigenvalue weighted by molar-refractivity contribution is 5.78. The van der Waals surface area contributed by atoms with Crippen LogP contribution in [0, 0.1) is 0 Å². The number of fused-ring (bicyclic) bond motifs is 1. The van der Waals surface area contributed by atoms with E-state index < -0.39 is 42.4 Å². The maximum atomic E-state index is 11.8. The molecule has 0 N–H and O–H groups in total. The van der Waals surface area contributed by atoms with Crippen LogP contribution in [0.15, 0.2) is 25.3 Å². The first-order valence-corrected chi connectivity index (χ1v) is 9.51. The van der Waals surface area contributed by atoms with Gasteiger partial charge in [0.1, 0.15) is 31.7 Å². The minimum Gasteiger partial charge on any atom is -0.463 e. The van der Waals surface area contributed by atoms with E-state index in [4.69, 9.17) is 18.9 Å². The van der Waals surface area contributed by atoms with Gasteiger partial charge in [0, 0.05) is 20.8 Å². The molecule has 168 valence electrons. The lowest BCUT2D eigenvalue weighted by atomic mass is 10.1. The lowest BCUT2D eigenvalue weighted by Gasteiger charge is -2.23. The monoisotopic (exact) mass is 445 g/mol. The third-order valence-electron chi connectivity index (χ3n) is 4.59. The molecule has 1 saturated heterocycles. The van der Waals surface area contributed by atoms with Gasteiger partial charge in [0.25, 0.3) is 0 Å².